The largest absolute Gasteiger partial charge is 0.493 e. The Kier molecular flexibility index (Phi) is 12.8. The SMILES string of the molecule is CCOC(Cc1ccc(OCCN(CCCOCc2ccccc2)C(=O)Oc2ccccc2OC)cc1)C(=O)O. The lowest BCUT2D eigenvalue weighted by molar-refractivity contribution is -0.149. The molecule has 0 heterocycles. The van der Waals surface area contributed by atoms with Crippen LogP contribution < -0.4 is 14.2 Å². The minimum atomic E-state index is -0.993. The molecule has 1 unspecified atom stereocenters. The monoisotopic (exact) mass is 551 g/mol. The summed E-state index contributed by atoms with van der Waals surface area (Å²) in [6, 6.07) is 24.0. The molecule has 9 nitrogen and oxygen atoms in total. The highest BCUT2D eigenvalue weighted by Gasteiger charge is 2.19. The molecule has 1 atom stereocenters. The molecule has 0 bridgehead atoms. The Bertz CT molecular complexity index is 1170. The van der Waals surface area contributed by atoms with Crippen LogP contribution in [0.1, 0.15) is 24.5 Å². The molecular weight excluding hydrogens is 514 g/mol. The summed E-state index contributed by atoms with van der Waals surface area (Å²) >= 11 is 0. The number of carbonyl (C=O) groups is 2. The van der Waals surface area contributed by atoms with Crippen molar-refractivity contribution in [3.63, 3.8) is 0 Å². The van der Waals surface area contributed by atoms with Gasteiger partial charge in [0.2, 0.25) is 0 Å². The van der Waals surface area contributed by atoms with Crippen LogP contribution in [0.15, 0.2) is 78.9 Å². The highest BCUT2D eigenvalue weighted by molar-refractivity contribution is 5.73. The van der Waals surface area contributed by atoms with E-state index in [1.54, 1.807) is 48.2 Å². The molecule has 3 rings (SSSR count). The minimum absolute atomic E-state index is 0.238. The van der Waals surface area contributed by atoms with Gasteiger partial charge in [-0.25, -0.2) is 9.59 Å². The van der Waals surface area contributed by atoms with Crippen molar-refractivity contribution < 1.29 is 38.4 Å². The van der Waals surface area contributed by atoms with E-state index in [2.05, 4.69) is 0 Å². The van der Waals surface area contributed by atoms with Crippen molar-refractivity contribution in [2.75, 3.05) is 40.0 Å². The molecule has 40 heavy (non-hydrogen) atoms. The lowest BCUT2D eigenvalue weighted by Gasteiger charge is -2.22. The fourth-order valence-electron chi connectivity index (χ4n) is 3.91. The van der Waals surface area contributed by atoms with Crippen molar-refractivity contribution >= 4 is 12.1 Å². The Hall–Kier alpha value is -4.08. The van der Waals surface area contributed by atoms with Gasteiger partial charge in [-0.2, -0.15) is 0 Å². The zero-order chi connectivity index (χ0) is 28.6. The number of ether oxygens (including phenoxy) is 5. The maximum Gasteiger partial charge on any atom is 0.415 e. The molecule has 0 aromatic heterocycles. The van der Waals surface area contributed by atoms with Gasteiger partial charge in [-0.15, -0.1) is 0 Å². The molecule has 214 valence electrons. The number of amides is 1. The normalized spacial score (nSPS) is 11.4. The molecule has 1 amide bonds. The molecule has 0 aliphatic rings. The van der Waals surface area contributed by atoms with Crippen LogP contribution in [0.3, 0.4) is 0 Å². The second kappa shape index (κ2) is 16.8. The Morgan fingerprint density at radius 2 is 1.55 bits per heavy atom. The number of nitrogens with zero attached hydrogens (tertiary/aromatic N) is 1. The summed E-state index contributed by atoms with van der Waals surface area (Å²) < 4.78 is 27.8. The van der Waals surface area contributed by atoms with Gasteiger partial charge in [0.1, 0.15) is 12.4 Å². The molecule has 0 saturated carbocycles. The van der Waals surface area contributed by atoms with Crippen LogP contribution in [0, 0.1) is 0 Å². The first-order valence-electron chi connectivity index (χ1n) is 13.3. The van der Waals surface area contributed by atoms with Gasteiger partial charge in [0.05, 0.1) is 20.3 Å². The molecule has 1 N–H and O–H groups in total. The van der Waals surface area contributed by atoms with Crippen LogP contribution >= 0.6 is 0 Å². The molecule has 0 aliphatic heterocycles. The van der Waals surface area contributed by atoms with Crippen molar-refractivity contribution in [2.45, 2.75) is 32.5 Å². The predicted octanol–water partition coefficient (Wildman–Crippen LogP) is 5.21. The summed E-state index contributed by atoms with van der Waals surface area (Å²) in [6.07, 6.45) is -0.524. The number of aliphatic carboxylic acids is 1. The number of para-hydroxylation sites is 2. The van der Waals surface area contributed by atoms with E-state index in [4.69, 9.17) is 23.7 Å². The van der Waals surface area contributed by atoms with Crippen LogP contribution in [0.2, 0.25) is 0 Å². The highest BCUT2D eigenvalue weighted by atomic mass is 16.6. The molecule has 0 radical (unpaired) electrons. The van der Waals surface area contributed by atoms with Crippen molar-refractivity contribution in [1.82, 2.24) is 4.90 Å². The summed E-state index contributed by atoms with van der Waals surface area (Å²) in [5, 5.41) is 9.29. The summed E-state index contributed by atoms with van der Waals surface area (Å²) in [5.41, 5.74) is 1.91. The van der Waals surface area contributed by atoms with Gasteiger partial charge < -0.3 is 33.7 Å². The smallest absolute Gasteiger partial charge is 0.415 e. The van der Waals surface area contributed by atoms with Gasteiger partial charge in [0.25, 0.3) is 0 Å². The molecule has 3 aromatic carbocycles. The van der Waals surface area contributed by atoms with E-state index in [-0.39, 0.29) is 13.0 Å². The number of hydrogen-bond donors (Lipinski definition) is 1. The summed E-state index contributed by atoms with van der Waals surface area (Å²) in [5.74, 6) is 0.417. The third-order valence-electron chi connectivity index (χ3n) is 5.97. The average Bonchev–Trinajstić information content (AvgIpc) is 2.97. The van der Waals surface area contributed by atoms with E-state index < -0.39 is 18.2 Å². The van der Waals surface area contributed by atoms with Gasteiger partial charge >= 0.3 is 12.1 Å². The van der Waals surface area contributed by atoms with Crippen molar-refractivity contribution in [3.05, 3.63) is 90.0 Å². The number of carboxylic acid groups (broad SMARTS) is 1. The zero-order valence-electron chi connectivity index (χ0n) is 23.0. The van der Waals surface area contributed by atoms with Crippen LogP contribution in [-0.4, -0.2) is 68.2 Å². The number of carbonyl (C=O) groups excluding carboxylic acids is 1. The Morgan fingerprint density at radius 1 is 0.850 bits per heavy atom. The number of methoxy groups -OCH3 is 1. The van der Waals surface area contributed by atoms with E-state index >= 15 is 0 Å². The van der Waals surface area contributed by atoms with Gasteiger partial charge in [-0.1, -0.05) is 54.6 Å². The molecule has 0 saturated heterocycles. The third-order valence-corrected chi connectivity index (χ3v) is 5.97. The van der Waals surface area contributed by atoms with Gasteiger partial charge in [-0.05, 0) is 48.7 Å². The van der Waals surface area contributed by atoms with E-state index in [9.17, 15) is 14.7 Å². The Balaban J connectivity index is 1.54. The minimum Gasteiger partial charge on any atom is -0.493 e. The predicted molar refractivity (Wildman–Crippen MR) is 150 cm³/mol. The molecule has 0 aliphatic carbocycles. The second-order valence-corrected chi connectivity index (χ2v) is 8.88. The average molecular weight is 552 g/mol. The summed E-state index contributed by atoms with van der Waals surface area (Å²) in [4.78, 5) is 26.0. The van der Waals surface area contributed by atoms with E-state index in [1.165, 1.54) is 7.11 Å². The second-order valence-electron chi connectivity index (χ2n) is 8.88. The van der Waals surface area contributed by atoms with Gasteiger partial charge in [-0.3, -0.25) is 0 Å². The molecular formula is C31H37NO8. The van der Waals surface area contributed by atoms with E-state index in [0.29, 0.717) is 56.6 Å². The Morgan fingerprint density at radius 3 is 2.23 bits per heavy atom. The van der Waals surface area contributed by atoms with Crippen LogP contribution in [-0.2, 0) is 27.3 Å². The molecule has 9 heteroatoms. The maximum absolute atomic E-state index is 13.1. The standard InChI is InChI=1S/C31H37NO8/c1-3-38-29(30(33)34)22-24-14-16-26(17-15-24)39-21-19-32(18-9-20-37-23-25-10-5-4-6-11-25)31(35)40-28-13-8-7-12-27(28)36-2/h4-8,10-17,29H,3,9,18-23H2,1-2H3,(H,33,34). The van der Waals surface area contributed by atoms with Crippen molar-refractivity contribution in [2.24, 2.45) is 0 Å². The van der Waals surface area contributed by atoms with E-state index in [1.807, 2.05) is 42.5 Å². The zero-order valence-corrected chi connectivity index (χ0v) is 23.0. The van der Waals surface area contributed by atoms with E-state index in [0.717, 1.165) is 11.1 Å². The lowest BCUT2D eigenvalue weighted by atomic mass is 10.1. The number of carboxylic acids is 1. The van der Waals surface area contributed by atoms with Crippen molar-refractivity contribution in [3.8, 4) is 17.2 Å². The van der Waals surface area contributed by atoms with Crippen LogP contribution in [0.5, 0.6) is 17.2 Å². The number of benzene rings is 3. The summed E-state index contributed by atoms with van der Waals surface area (Å²) in [6.45, 7) is 4.02. The number of rotatable bonds is 17. The first kappa shape index (κ1) is 30.5. The van der Waals surface area contributed by atoms with Crippen LogP contribution in [0.4, 0.5) is 4.79 Å². The van der Waals surface area contributed by atoms with Crippen LogP contribution in [0.25, 0.3) is 0 Å². The first-order valence-corrected chi connectivity index (χ1v) is 13.3. The topological polar surface area (TPSA) is 104 Å². The fourth-order valence-corrected chi connectivity index (χ4v) is 3.91. The maximum atomic E-state index is 13.1. The first-order chi connectivity index (χ1) is 19.5. The summed E-state index contributed by atoms with van der Waals surface area (Å²) in [7, 11) is 1.52. The fraction of sp³-hybridized carbons (Fsp3) is 0.355. The Labute approximate surface area is 235 Å². The molecule has 3 aromatic rings. The molecule has 0 fully saturated rings. The lowest BCUT2D eigenvalue weighted by Crippen LogP contribution is -2.38. The van der Waals surface area contributed by atoms with Gasteiger partial charge in [0.15, 0.2) is 17.6 Å². The molecule has 0 spiro atoms. The third kappa shape index (κ3) is 10.2. The van der Waals surface area contributed by atoms with Gasteiger partial charge in [0, 0.05) is 26.2 Å². The number of hydrogen-bond acceptors (Lipinski definition) is 7. The van der Waals surface area contributed by atoms with Crippen molar-refractivity contribution in [1.29, 1.82) is 0 Å². The highest BCUT2D eigenvalue weighted by Crippen LogP contribution is 2.26. The quantitative estimate of drug-likeness (QED) is 0.228.